The first-order valence-corrected chi connectivity index (χ1v) is 9.67. The monoisotopic (exact) mass is 402 g/mol. The Morgan fingerprint density at radius 1 is 1.20 bits per heavy atom. The van der Waals surface area contributed by atoms with Crippen LogP contribution in [0.5, 0.6) is 0 Å². The summed E-state index contributed by atoms with van der Waals surface area (Å²) in [5, 5.41) is 8.13. The Bertz CT molecular complexity index is 1170. The van der Waals surface area contributed by atoms with E-state index >= 15 is 0 Å². The van der Waals surface area contributed by atoms with Crippen LogP contribution in [0.2, 0.25) is 0 Å². The van der Waals surface area contributed by atoms with Crippen molar-refractivity contribution >= 4 is 29.1 Å². The number of nitrogens with one attached hydrogen (secondary N) is 1. The first-order chi connectivity index (χ1) is 14.4. The zero-order valence-corrected chi connectivity index (χ0v) is 16.9. The lowest BCUT2D eigenvalue weighted by molar-refractivity contribution is -0.135. The van der Waals surface area contributed by atoms with Crippen molar-refractivity contribution in [2.45, 2.75) is 19.9 Å². The number of aromatic amines is 1. The molecular formula is C23H22N4O3. The molecule has 2 aromatic carbocycles. The van der Waals surface area contributed by atoms with Gasteiger partial charge in [0.05, 0.1) is 17.8 Å². The highest BCUT2D eigenvalue weighted by molar-refractivity contribution is 6.03. The standard InChI is InChI=1S/C23H22N4O3/c1-4-21(29)26-11-17(12-26)27(13-28)23(30)18-7-6-16(9-15(18)3)22-14(2)5-8-20-19(22)10-24-25-20/h4-10,13,17H,1,11-12H2,2-3H3,(H,24,25). The van der Waals surface area contributed by atoms with E-state index in [9.17, 15) is 14.4 Å². The number of imide groups is 1. The van der Waals surface area contributed by atoms with Crippen molar-refractivity contribution in [2.75, 3.05) is 13.1 Å². The summed E-state index contributed by atoms with van der Waals surface area (Å²) in [6, 6.07) is 9.32. The summed E-state index contributed by atoms with van der Waals surface area (Å²) in [5.74, 6) is -0.558. The molecular weight excluding hydrogens is 380 g/mol. The Balaban J connectivity index is 1.61. The van der Waals surface area contributed by atoms with Gasteiger partial charge in [0.15, 0.2) is 0 Å². The topological polar surface area (TPSA) is 86.4 Å². The molecule has 1 aliphatic heterocycles. The minimum Gasteiger partial charge on any atom is -0.335 e. The lowest BCUT2D eigenvalue weighted by atomic mass is 9.93. The number of carbonyl (C=O) groups excluding carboxylic acids is 3. The fourth-order valence-corrected chi connectivity index (χ4v) is 3.95. The van der Waals surface area contributed by atoms with E-state index < -0.39 is 0 Å². The molecule has 1 fully saturated rings. The number of hydrogen-bond donors (Lipinski definition) is 1. The summed E-state index contributed by atoms with van der Waals surface area (Å²) in [6.07, 6.45) is 3.58. The summed E-state index contributed by atoms with van der Waals surface area (Å²) in [5.41, 5.74) is 5.35. The molecule has 3 aromatic rings. The summed E-state index contributed by atoms with van der Waals surface area (Å²) in [4.78, 5) is 39.0. The molecule has 0 aliphatic carbocycles. The number of H-pyrrole nitrogens is 1. The van der Waals surface area contributed by atoms with Crippen molar-refractivity contribution in [2.24, 2.45) is 0 Å². The smallest absolute Gasteiger partial charge is 0.260 e. The van der Waals surface area contributed by atoms with Crippen LogP contribution in [0.25, 0.3) is 22.0 Å². The first-order valence-electron chi connectivity index (χ1n) is 9.67. The second-order valence-electron chi connectivity index (χ2n) is 7.54. The maximum atomic E-state index is 13.0. The Morgan fingerprint density at radius 3 is 2.63 bits per heavy atom. The Hall–Kier alpha value is -3.74. The van der Waals surface area contributed by atoms with Crippen LogP contribution in [-0.2, 0) is 9.59 Å². The predicted octanol–water partition coefficient (Wildman–Crippen LogP) is 2.84. The number of nitrogens with zero attached hydrogens (tertiary/aromatic N) is 3. The van der Waals surface area contributed by atoms with Crippen molar-refractivity contribution in [1.82, 2.24) is 20.0 Å². The van der Waals surface area contributed by atoms with Crippen molar-refractivity contribution < 1.29 is 14.4 Å². The fourth-order valence-electron chi connectivity index (χ4n) is 3.95. The highest BCUT2D eigenvalue weighted by Crippen LogP contribution is 2.32. The molecule has 7 nitrogen and oxygen atoms in total. The third-order valence-corrected chi connectivity index (χ3v) is 5.67. The molecule has 0 saturated carbocycles. The number of aryl methyl sites for hydroxylation is 2. The summed E-state index contributed by atoms with van der Waals surface area (Å²) in [6.45, 7) is 8.01. The number of likely N-dealkylation sites (tertiary alicyclic amines) is 1. The average molecular weight is 402 g/mol. The molecule has 4 rings (SSSR count). The van der Waals surface area contributed by atoms with Crippen LogP contribution in [0.15, 0.2) is 49.2 Å². The molecule has 30 heavy (non-hydrogen) atoms. The van der Waals surface area contributed by atoms with E-state index in [-0.39, 0.29) is 17.9 Å². The maximum absolute atomic E-state index is 13.0. The van der Waals surface area contributed by atoms with Crippen molar-refractivity contribution in [1.29, 1.82) is 0 Å². The maximum Gasteiger partial charge on any atom is 0.260 e. The number of aromatic nitrogens is 2. The normalized spacial score (nSPS) is 13.7. The molecule has 152 valence electrons. The van der Waals surface area contributed by atoms with Crippen molar-refractivity contribution in [3.8, 4) is 11.1 Å². The number of hydrogen-bond acceptors (Lipinski definition) is 4. The molecule has 0 atom stereocenters. The number of amides is 3. The van der Waals surface area contributed by atoms with E-state index in [4.69, 9.17) is 0 Å². The third kappa shape index (κ3) is 3.18. The minimum atomic E-state index is -0.358. The van der Waals surface area contributed by atoms with Gasteiger partial charge in [-0.15, -0.1) is 0 Å². The molecule has 1 N–H and O–H groups in total. The van der Waals surface area contributed by atoms with E-state index in [1.165, 1.54) is 11.0 Å². The lowest BCUT2D eigenvalue weighted by Crippen LogP contribution is -2.61. The van der Waals surface area contributed by atoms with Crippen LogP contribution in [-0.4, -0.2) is 57.4 Å². The highest BCUT2D eigenvalue weighted by atomic mass is 16.2. The van der Waals surface area contributed by atoms with Gasteiger partial charge < -0.3 is 4.90 Å². The molecule has 0 unspecified atom stereocenters. The quantitative estimate of drug-likeness (QED) is 0.525. The van der Waals surface area contributed by atoms with Crippen LogP contribution in [0.4, 0.5) is 0 Å². The molecule has 0 spiro atoms. The Morgan fingerprint density at radius 2 is 1.97 bits per heavy atom. The average Bonchev–Trinajstić information content (AvgIpc) is 3.17. The molecule has 3 amide bonds. The molecule has 2 heterocycles. The van der Waals surface area contributed by atoms with Gasteiger partial charge in [0.1, 0.15) is 0 Å². The van der Waals surface area contributed by atoms with Crippen LogP contribution in [0.3, 0.4) is 0 Å². The fraction of sp³-hybridized carbons (Fsp3) is 0.217. The molecule has 1 aliphatic rings. The van der Waals surface area contributed by atoms with E-state index in [0.29, 0.717) is 25.1 Å². The van der Waals surface area contributed by atoms with E-state index in [1.807, 2.05) is 38.1 Å². The number of carbonyl (C=O) groups is 3. The zero-order valence-electron chi connectivity index (χ0n) is 16.9. The van der Waals surface area contributed by atoms with Gasteiger partial charge in [0.25, 0.3) is 5.91 Å². The predicted molar refractivity (Wildman–Crippen MR) is 114 cm³/mol. The largest absolute Gasteiger partial charge is 0.335 e. The van der Waals surface area contributed by atoms with Gasteiger partial charge in [0.2, 0.25) is 12.3 Å². The first kappa shape index (κ1) is 19.6. The van der Waals surface area contributed by atoms with Crippen LogP contribution >= 0.6 is 0 Å². The van der Waals surface area contributed by atoms with Crippen molar-refractivity contribution in [3.05, 3.63) is 65.9 Å². The zero-order chi connectivity index (χ0) is 21.4. The van der Waals surface area contributed by atoms with Crippen molar-refractivity contribution in [3.63, 3.8) is 0 Å². The van der Waals surface area contributed by atoms with E-state index in [2.05, 4.69) is 16.8 Å². The lowest BCUT2D eigenvalue weighted by Gasteiger charge is -2.42. The van der Waals surface area contributed by atoms with Gasteiger partial charge in [-0.2, -0.15) is 5.10 Å². The molecule has 0 radical (unpaired) electrons. The van der Waals surface area contributed by atoms with E-state index in [0.717, 1.165) is 33.2 Å². The second-order valence-corrected chi connectivity index (χ2v) is 7.54. The van der Waals surface area contributed by atoms with Gasteiger partial charge >= 0.3 is 0 Å². The van der Waals surface area contributed by atoms with Gasteiger partial charge in [-0.05, 0) is 54.3 Å². The summed E-state index contributed by atoms with van der Waals surface area (Å²) in [7, 11) is 0. The van der Waals surface area contributed by atoms with Crippen LogP contribution in [0.1, 0.15) is 21.5 Å². The van der Waals surface area contributed by atoms with Gasteiger partial charge in [-0.1, -0.05) is 24.8 Å². The summed E-state index contributed by atoms with van der Waals surface area (Å²) < 4.78 is 0. The van der Waals surface area contributed by atoms with Crippen LogP contribution in [0, 0.1) is 13.8 Å². The SMILES string of the molecule is C=CC(=O)N1CC(N(C=O)C(=O)c2ccc(-c3c(C)ccc4[nH]ncc34)cc2C)C1. The van der Waals surface area contributed by atoms with E-state index in [1.54, 1.807) is 17.2 Å². The van der Waals surface area contributed by atoms with Gasteiger partial charge in [-0.25, -0.2) is 0 Å². The van der Waals surface area contributed by atoms with Gasteiger partial charge in [0, 0.05) is 24.0 Å². The number of benzene rings is 2. The summed E-state index contributed by atoms with van der Waals surface area (Å²) >= 11 is 0. The molecule has 1 saturated heterocycles. The number of rotatable bonds is 5. The highest BCUT2D eigenvalue weighted by Gasteiger charge is 2.36. The molecule has 1 aromatic heterocycles. The minimum absolute atomic E-state index is 0.200. The Kier molecular flexibility index (Phi) is 4.95. The van der Waals surface area contributed by atoms with Crippen LogP contribution < -0.4 is 0 Å². The second kappa shape index (κ2) is 7.59. The number of fused-ring (bicyclic) bond motifs is 1. The third-order valence-electron chi connectivity index (χ3n) is 5.67. The van der Waals surface area contributed by atoms with Gasteiger partial charge in [-0.3, -0.25) is 24.4 Å². The Labute approximate surface area is 174 Å². The molecule has 0 bridgehead atoms. The molecule has 7 heteroatoms.